The van der Waals surface area contributed by atoms with E-state index in [1.807, 2.05) is 11.9 Å². The minimum Gasteiger partial charge on any atom is -0.368 e. The lowest BCUT2D eigenvalue weighted by Crippen LogP contribution is -2.51. The Morgan fingerprint density at radius 1 is 1.53 bits per heavy atom. The van der Waals surface area contributed by atoms with Gasteiger partial charge in [0.05, 0.1) is 19.6 Å². The lowest BCUT2D eigenvalue weighted by Gasteiger charge is -2.36. The van der Waals surface area contributed by atoms with Crippen molar-refractivity contribution in [1.82, 2.24) is 15.1 Å². The minimum absolute atomic E-state index is 0.116. The molecule has 108 valence electrons. The van der Waals surface area contributed by atoms with E-state index in [0.717, 1.165) is 32.2 Å². The number of nitrogens with zero attached hydrogens (tertiary/aromatic N) is 2. The van der Waals surface area contributed by atoms with Crippen LogP contribution in [-0.4, -0.2) is 73.7 Å². The van der Waals surface area contributed by atoms with Gasteiger partial charge in [-0.05, 0) is 26.4 Å². The summed E-state index contributed by atoms with van der Waals surface area (Å²) in [7, 11) is 2.03. The van der Waals surface area contributed by atoms with Crippen LogP contribution in [-0.2, 0) is 14.4 Å². The summed E-state index contributed by atoms with van der Waals surface area (Å²) < 4.78 is 0. The number of carbonyl (C=O) groups is 3. The number of primary amides is 1. The van der Waals surface area contributed by atoms with Crippen LogP contribution >= 0.6 is 0 Å². The van der Waals surface area contributed by atoms with Gasteiger partial charge in [0.15, 0.2) is 0 Å². The Morgan fingerprint density at radius 3 is 2.84 bits per heavy atom. The Kier molecular flexibility index (Phi) is 6.44. The molecule has 0 radical (unpaired) electrons. The van der Waals surface area contributed by atoms with Crippen molar-refractivity contribution in [3.05, 3.63) is 0 Å². The Morgan fingerprint density at radius 2 is 2.26 bits per heavy atom. The first kappa shape index (κ1) is 15.6. The van der Waals surface area contributed by atoms with Gasteiger partial charge in [-0.25, -0.2) is 0 Å². The fourth-order valence-corrected chi connectivity index (χ4v) is 2.30. The van der Waals surface area contributed by atoms with Crippen molar-refractivity contribution in [2.24, 2.45) is 5.73 Å². The number of carbonyl (C=O) groups excluding carboxylic acids is 3. The van der Waals surface area contributed by atoms with Crippen LogP contribution in [0.2, 0.25) is 0 Å². The van der Waals surface area contributed by atoms with Gasteiger partial charge in [0.2, 0.25) is 11.8 Å². The largest absolute Gasteiger partial charge is 0.368 e. The molecular formula is C12H22N4O3. The van der Waals surface area contributed by atoms with E-state index >= 15 is 0 Å². The number of hydrogen-bond acceptors (Lipinski definition) is 5. The molecule has 1 saturated heterocycles. The zero-order chi connectivity index (χ0) is 14.3. The first-order chi connectivity index (χ1) is 9.02. The number of aldehydes is 1. The molecule has 0 aromatic rings. The zero-order valence-electron chi connectivity index (χ0n) is 11.3. The van der Waals surface area contributed by atoms with E-state index in [1.165, 1.54) is 0 Å². The monoisotopic (exact) mass is 270 g/mol. The molecule has 0 spiro atoms. The number of nitrogens with two attached hydrogens (primary N) is 1. The molecule has 1 atom stereocenters. The quantitative estimate of drug-likeness (QED) is 0.531. The maximum Gasteiger partial charge on any atom is 0.236 e. The molecule has 1 aliphatic heterocycles. The summed E-state index contributed by atoms with van der Waals surface area (Å²) in [5.41, 5.74) is 4.96. The van der Waals surface area contributed by atoms with Crippen molar-refractivity contribution < 1.29 is 14.4 Å². The highest BCUT2D eigenvalue weighted by molar-refractivity contribution is 5.84. The Hall–Kier alpha value is -1.47. The molecule has 0 saturated carbocycles. The smallest absolute Gasteiger partial charge is 0.236 e. The van der Waals surface area contributed by atoms with Crippen molar-refractivity contribution in [1.29, 1.82) is 0 Å². The number of amides is 2. The van der Waals surface area contributed by atoms with Crippen molar-refractivity contribution in [2.75, 3.05) is 39.8 Å². The number of rotatable bonds is 7. The summed E-state index contributed by atoms with van der Waals surface area (Å²) >= 11 is 0. The molecule has 1 heterocycles. The number of likely N-dealkylation sites (tertiary alicyclic amines) is 1. The predicted octanol–water partition coefficient (Wildman–Crippen LogP) is -1.82. The fourth-order valence-electron chi connectivity index (χ4n) is 2.30. The van der Waals surface area contributed by atoms with E-state index in [2.05, 4.69) is 10.2 Å². The van der Waals surface area contributed by atoms with E-state index in [4.69, 9.17) is 5.73 Å². The topological polar surface area (TPSA) is 95.7 Å². The predicted molar refractivity (Wildman–Crippen MR) is 70.4 cm³/mol. The standard InChI is InChI=1S/C12H22N4O3/c1-15-4-2-3-10(8-15)16(5-6-17)9-12(19)14-7-11(13)18/h6,10H,2-5,7-9H2,1H3,(H2,13,18)(H,14,19). The van der Waals surface area contributed by atoms with Gasteiger partial charge < -0.3 is 20.7 Å². The Labute approximate surface area is 113 Å². The molecule has 1 unspecified atom stereocenters. The summed E-state index contributed by atoms with van der Waals surface area (Å²) in [5, 5.41) is 2.44. The van der Waals surface area contributed by atoms with Crippen LogP contribution in [0.4, 0.5) is 0 Å². The molecule has 7 heteroatoms. The second-order valence-corrected chi connectivity index (χ2v) is 4.90. The van der Waals surface area contributed by atoms with Crippen LogP contribution < -0.4 is 11.1 Å². The Balaban J connectivity index is 2.49. The van der Waals surface area contributed by atoms with Gasteiger partial charge in [-0.15, -0.1) is 0 Å². The summed E-state index contributed by atoms with van der Waals surface area (Å²) in [5.74, 6) is -0.860. The third kappa shape index (κ3) is 5.80. The molecule has 7 nitrogen and oxygen atoms in total. The van der Waals surface area contributed by atoms with E-state index in [-0.39, 0.29) is 31.6 Å². The van der Waals surface area contributed by atoms with Gasteiger partial charge in [0.1, 0.15) is 6.29 Å². The second kappa shape index (κ2) is 7.85. The summed E-state index contributed by atoms with van der Waals surface area (Å²) in [6.07, 6.45) is 2.83. The first-order valence-corrected chi connectivity index (χ1v) is 6.44. The highest BCUT2D eigenvalue weighted by Gasteiger charge is 2.24. The number of piperidine rings is 1. The molecule has 19 heavy (non-hydrogen) atoms. The second-order valence-electron chi connectivity index (χ2n) is 4.90. The molecule has 0 aromatic carbocycles. The highest BCUT2D eigenvalue weighted by atomic mass is 16.2. The number of hydrogen-bond donors (Lipinski definition) is 2. The van der Waals surface area contributed by atoms with Gasteiger partial charge in [-0.2, -0.15) is 0 Å². The highest BCUT2D eigenvalue weighted by Crippen LogP contribution is 2.13. The van der Waals surface area contributed by atoms with Crippen molar-refractivity contribution >= 4 is 18.1 Å². The van der Waals surface area contributed by atoms with Crippen molar-refractivity contribution in [3.8, 4) is 0 Å². The van der Waals surface area contributed by atoms with Crippen LogP contribution in [0.5, 0.6) is 0 Å². The molecule has 1 rings (SSSR count). The van der Waals surface area contributed by atoms with Crippen LogP contribution in [0, 0.1) is 0 Å². The van der Waals surface area contributed by atoms with Crippen LogP contribution in [0.3, 0.4) is 0 Å². The zero-order valence-corrected chi connectivity index (χ0v) is 11.3. The van der Waals surface area contributed by atoms with E-state index in [1.54, 1.807) is 0 Å². The maximum atomic E-state index is 11.7. The van der Waals surface area contributed by atoms with Crippen LogP contribution in [0.1, 0.15) is 12.8 Å². The maximum absolute atomic E-state index is 11.7. The Bertz CT molecular complexity index is 335. The summed E-state index contributed by atoms with van der Waals surface area (Å²) in [6.45, 7) is 2.06. The molecule has 0 bridgehead atoms. The molecule has 3 N–H and O–H groups in total. The van der Waals surface area contributed by atoms with Gasteiger partial charge in [-0.1, -0.05) is 0 Å². The van der Waals surface area contributed by atoms with Crippen molar-refractivity contribution in [2.45, 2.75) is 18.9 Å². The lowest BCUT2D eigenvalue weighted by atomic mass is 10.0. The summed E-state index contributed by atoms with van der Waals surface area (Å²) in [4.78, 5) is 37.0. The van der Waals surface area contributed by atoms with E-state index in [0.29, 0.717) is 0 Å². The van der Waals surface area contributed by atoms with Gasteiger partial charge in [-0.3, -0.25) is 14.5 Å². The molecule has 2 amide bonds. The van der Waals surface area contributed by atoms with E-state index < -0.39 is 5.91 Å². The molecule has 1 aliphatic rings. The third-order valence-electron chi connectivity index (χ3n) is 3.23. The molecule has 0 aliphatic carbocycles. The minimum atomic E-state index is -0.576. The van der Waals surface area contributed by atoms with Gasteiger partial charge in [0, 0.05) is 12.6 Å². The molecular weight excluding hydrogens is 248 g/mol. The van der Waals surface area contributed by atoms with Crippen LogP contribution in [0.25, 0.3) is 0 Å². The van der Waals surface area contributed by atoms with E-state index in [9.17, 15) is 14.4 Å². The van der Waals surface area contributed by atoms with Crippen LogP contribution in [0.15, 0.2) is 0 Å². The normalized spacial score (nSPS) is 20.2. The average Bonchev–Trinajstić information content (AvgIpc) is 2.36. The number of likely N-dealkylation sites (N-methyl/N-ethyl adjacent to an activating group) is 1. The average molecular weight is 270 g/mol. The SMILES string of the molecule is CN1CCCC(N(CC=O)CC(=O)NCC(N)=O)C1. The van der Waals surface area contributed by atoms with Gasteiger partial charge >= 0.3 is 0 Å². The molecule has 1 fully saturated rings. The lowest BCUT2D eigenvalue weighted by molar-refractivity contribution is -0.126. The van der Waals surface area contributed by atoms with Crippen molar-refractivity contribution in [3.63, 3.8) is 0 Å². The summed E-state index contributed by atoms with van der Waals surface area (Å²) in [6, 6.07) is 0.197. The van der Waals surface area contributed by atoms with Gasteiger partial charge in [0.25, 0.3) is 0 Å². The first-order valence-electron chi connectivity index (χ1n) is 6.44. The number of nitrogens with one attached hydrogen (secondary N) is 1. The molecule has 0 aromatic heterocycles. The third-order valence-corrected chi connectivity index (χ3v) is 3.23. The fraction of sp³-hybridized carbons (Fsp3) is 0.750.